The lowest BCUT2D eigenvalue weighted by Crippen LogP contribution is -2.32. The summed E-state index contributed by atoms with van der Waals surface area (Å²) >= 11 is 0. The summed E-state index contributed by atoms with van der Waals surface area (Å²) in [6, 6.07) is 2.98. The minimum Gasteiger partial charge on any atom is -0.493 e. The van der Waals surface area contributed by atoms with E-state index in [4.69, 9.17) is 19.3 Å². The third-order valence-corrected chi connectivity index (χ3v) is 2.52. The summed E-state index contributed by atoms with van der Waals surface area (Å²) in [5.74, 6) is -1.57. The van der Waals surface area contributed by atoms with Crippen LogP contribution >= 0.6 is 0 Å². The summed E-state index contributed by atoms with van der Waals surface area (Å²) in [5, 5.41) is 8.69. The Morgan fingerprint density at radius 3 is 1.84 bits per heavy atom. The number of carbonyl (C=O) groups is 2. The van der Waals surface area contributed by atoms with Crippen molar-refractivity contribution in [3.05, 3.63) is 12.1 Å². The fourth-order valence-electron chi connectivity index (χ4n) is 1.52. The first kappa shape index (κ1) is 14.6. The molecule has 0 bridgehead atoms. The SMILES string of the molecule is COc1cc(N(C)C(=O)C(=O)O)cc(OC)c1OC. The van der Waals surface area contributed by atoms with Crippen molar-refractivity contribution in [3.63, 3.8) is 0 Å². The van der Waals surface area contributed by atoms with Crippen molar-refractivity contribution in [2.75, 3.05) is 33.3 Å². The van der Waals surface area contributed by atoms with E-state index in [-0.39, 0.29) is 0 Å². The van der Waals surface area contributed by atoms with Crippen molar-refractivity contribution in [1.29, 1.82) is 0 Å². The highest BCUT2D eigenvalue weighted by Crippen LogP contribution is 2.40. The van der Waals surface area contributed by atoms with E-state index in [1.54, 1.807) is 0 Å². The maximum Gasteiger partial charge on any atom is 0.394 e. The van der Waals surface area contributed by atoms with Gasteiger partial charge in [-0.3, -0.25) is 4.79 Å². The van der Waals surface area contributed by atoms with E-state index in [1.807, 2.05) is 0 Å². The zero-order chi connectivity index (χ0) is 14.6. The second-order valence-electron chi connectivity index (χ2n) is 3.55. The number of carboxylic acid groups (broad SMARTS) is 1. The van der Waals surface area contributed by atoms with Crippen LogP contribution in [0.1, 0.15) is 0 Å². The monoisotopic (exact) mass is 269 g/mol. The molecule has 0 aromatic heterocycles. The predicted octanol–water partition coefficient (Wildman–Crippen LogP) is 0.760. The third kappa shape index (κ3) is 2.87. The summed E-state index contributed by atoms with van der Waals surface area (Å²) in [7, 11) is 5.66. The topological polar surface area (TPSA) is 85.3 Å². The number of carboxylic acids is 1. The molecular formula is C12H15NO6. The smallest absolute Gasteiger partial charge is 0.394 e. The number of likely N-dealkylation sites (N-methyl/N-ethyl adjacent to an activating group) is 1. The Morgan fingerprint density at radius 1 is 1.05 bits per heavy atom. The Hall–Kier alpha value is -2.44. The third-order valence-electron chi connectivity index (χ3n) is 2.52. The van der Waals surface area contributed by atoms with Gasteiger partial charge in [0.1, 0.15) is 0 Å². The fourth-order valence-corrected chi connectivity index (χ4v) is 1.52. The summed E-state index contributed by atoms with van der Waals surface area (Å²) in [6.07, 6.45) is 0. The molecule has 7 nitrogen and oxygen atoms in total. The molecule has 0 aliphatic rings. The van der Waals surface area contributed by atoms with Gasteiger partial charge in [0.25, 0.3) is 0 Å². The van der Waals surface area contributed by atoms with Gasteiger partial charge in [0.05, 0.1) is 27.0 Å². The number of carbonyl (C=O) groups excluding carboxylic acids is 1. The first-order chi connectivity index (χ1) is 8.96. The van der Waals surface area contributed by atoms with Crippen LogP contribution in [0.5, 0.6) is 17.2 Å². The fraction of sp³-hybridized carbons (Fsp3) is 0.333. The molecule has 0 unspecified atom stereocenters. The van der Waals surface area contributed by atoms with E-state index in [1.165, 1.54) is 40.5 Å². The lowest BCUT2D eigenvalue weighted by atomic mass is 10.2. The van der Waals surface area contributed by atoms with Gasteiger partial charge in [0.15, 0.2) is 11.5 Å². The van der Waals surface area contributed by atoms with Crippen molar-refractivity contribution < 1.29 is 28.9 Å². The summed E-state index contributed by atoms with van der Waals surface area (Å²) < 4.78 is 15.4. The lowest BCUT2D eigenvalue weighted by Gasteiger charge is -2.19. The van der Waals surface area contributed by atoms with E-state index in [0.717, 1.165) is 4.90 Å². The quantitative estimate of drug-likeness (QED) is 0.812. The molecule has 7 heteroatoms. The van der Waals surface area contributed by atoms with Gasteiger partial charge in [0, 0.05) is 19.2 Å². The zero-order valence-corrected chi connectivity index (χ0v) is 11.1. The molecule has 0 spiro atoms. The predicted molar refractivity (Wildman–Crippen MR) is 67.1 cm³/mol. The normalized spacial score (nSPS) is 9.68. The first-order valence-corrected chi connectivity index (χ1v) is 5.27. The lowest BCUT2D eigenvalue weighted by molar-refractivity contribution is -0.148. The second-order valence-corrected chi connectivity index (χ2v) is 3.55. The molecule has 1 aromatic carbocycles. The van der Waals surface area contributed by atoms with Gasteiger partial charge in [-0.2, -0.15) is 0 Å². The molecule has 0 saturated carbocycles. The highest BCUT2D eigenvalue weighted by molar-refractivity contribution is 6.37. The van der Waals surface area contributed by atoms with Crippen LogP contribution in [-0.2, 0) is 9.59 Å². The highest BCUT2D eigenvalue weighted by Gasteiger charge is 2.22. The average Bonchev–Trinajstić information content (AvgIpc) is 2.43. The molecule has 0 radical (unpaired) electrons. The highest BCUT2D eigenvalue weighted by atomic mass is 16.5. The van der Waals surface area contributed by atoms with Crippen LogP contribution < -0.4 is 19.1 Å². The second kappa shape index (κ2) is 5.94. The van der Waals surface area contributed by atoms with E-state index >= 15 is 0 Å². The van der Waals surface area contributed by atoms with Crippen molar-refractivity contribution in [1.82, 2.24) is 0 Å². The van der Waals surface area contributed by atoms with Crippen molar-refractivity contribution in [2.45, 2.75) is 0 Å². The van der Waals surface area contributed by atoms with Crippen molar-refractivity contribution in [2.24, 2.45) is 0 Å². The van der Waals surface area contributed by atoms with Gasteiger partial charge < -0.3 is 24.2 Å². The maximum atomic E-state index is 11.4. The standard InChI is InChI=1S/C12H15NO6/c1-13(11(14)12(15)16)7-5-8(17-2)10(19-4)9(6-7)18-3/h5-6H,1-4H3,(H,15,16). The number of methoxy groups -OCH3 is 3. The van der Waals surface area contributed by atoms with Gasteiger partial charge in [-0.1, -0.05) is 0 Å². The van der Waals surface area contributed by atoms with E-state index in [2.05, 4.69) is 0 Å². The maximum absolute atomic E-state index is 11.4. The van der Waals surface area contributed by atoms with Crippen LogP contribution in [0.3, 0.4) is 0 Å². The molecule has 1 amide bonds. The number of amides is 1. The summed E-state index contributed by atoms with van der Waals surface area (Å²) in [6.45, 7) is 0. The Kier molecular flexibility index (Phi) is 4.57. The van der Waals surface area contributed by atoms with E-state index in [0.29, 0.717) is 22.9 Å². The Labute approximate surface area is 110 Å². The van der Waals surface area contributed by atoms with Gasteiger partial charge in [-0.25, -0.2) is 4.79 Å². The van der Waals surface area contributed by atoms with Crippen LogP contribution in [0.15, 0.2) is 12.1 Å². The zero-order valence-electron chi connectivity index (χ0n) is 11.1. The van der Waals surface area contributed by atoms with Gasteiger partial charge >= 0.3 is 11.9 Å². The number of benzene rings is 1. The van der Waals surface area contributed by atoms with E-state index < -0.39 is 11.9 Å². The average molecular weight is 269 g/mol. The molecule has 104 valence electrons. The van der Waals surface area contributed by atoms with Gasteiger partial charge in [-0.05, 0) is 0 Å². The first-order valence-electron chi connectivity index (χ1n) is 5.27. The molecule has 0 saturated heterocycles. The van der Waals surface area contributed by atoms with Crippen LogP contribution in [0, 0.1) is 0 Å². The van der Waals surface area contributed by atoms with Crippen LogP contribution in [0.4, 0.5) is 5.69 Å². The van der Waals surface area contributed by atoms with Gasteiger partial charge in [0.2, 0.25) is 5.75 Å². The number of hydrogen-bond donors (Lipinski definition) is 1. The minimum absolute atomic E-state index is 0.321. The number of anilines is 1. The van der Waals surface area contributed by atoms with Crippen LogP contribution in [-0.4, -0.2) is 45.4 Å². The number of rotatable bonds is 4. The number of ether oxygens (including phenoxy) is 3. The molecule has 1 N–H and O–H groups in total. The number of aliphatic carboxylic acids is 1. The van der Waals surface area contributed by atoms with E-state index in [9.17, 15) is 9.59 Å². The summed E-state index contributed by atoms with van der Waals surface area (Å²) in [5.41, 5.74) is 0.321. The van der Waals surface area contributed by atoms with Crippen LogP contribution in [0.25, 0.3) is 0 Å². The van der Waals surface area contributed by atoms with Crippen molar-refractivity contribution in [3.8, 4) is 17.2 Å². The molecule has 0 fully saturated rings. The minimum atomic E-state index is -1.55. The largest absolute Gasteiger partial charge is 0.493 e. The van der Waals surface area contributed by atoms with Crippen LogP contribution in [0.2, 0.25) is 0 Å². The summed E-state index contributed by atoms with van der Waals surface area (Å²) in [4.78, 5) is 23.1. The molecule has 0 atom stereocenters. The molecular weight excluding hydrogens is 254 g/mol. The molecule has 1 aromatic rings. The Bertz CT molecular complexity index is 474. The molecule has 0 aliphatic heterocycles. The Morgan fingerprint density at radius 2 is 1.53 bits per heavy atom. The Balaban J connectivity index is 3.30. The molecule has 0 heterocycles. The number of hydrogen-bond acceptors (Lipinski definition) is 5. The van der Waals surface area contributed by atoms with Crippen molar-refractivity contribution >= 4 is 17.6 Å². The molecule has 0 aliphatic carbocycles. The molecule has 1 rings (SSSR count). The van der Waals surface area contributed by atoms with Gasteiger partial charge in [-0.15, -0.1) is 0 Å². The molecule has 19 heavy (non-hydrogen) atoms. The number of nitrogens with zero attached hydrogens (tertiary/aromatic N) is 1.